The molecule has 3 heterocycles. The van der Waals surface area contributed by atoms with Gasteiger partial charge in [-0.05, 0) is 24.6 Å². The first-order chi connectivity index (χ1) is 14.1. The van der Waals surface area contributed by atoms with Gasteiger partial charge in [-0.25, -0.2) is 4.79 Å². The third kappa shape index (κ3) is 3.94. The average molecular weight is 396 g/mol. The van der Waals surface area contributed by atoms with Gasteiger partial charge >= 0.3 is 5.97 Å². The molecule has 0 radical (unpaired) electrons. The molecule has 1 fully saturated rings. The fourth-order valence-electron chi connectivity index (χ4n) is 3.56. The molecule has 0 aliphatic carbocycles. The van der Waals surface area contributed by atoms with E-state index in [1.165, 1.54) is 11.8 Å². The van der Waals surface area contributed by atoms with Crippen LogP contribution in [0.5, 0.6) is 0 Å². The fourth-order valence-corrected chi connectivity index (χ4v) is 3.56. The number of hydrogen-bond acceptors (Lipinski definition) is 6. The SMILES string of the molecule is COC(=O)c1cn(CCN2CCOCC2)cc2c(=O)n(-c3cccc(C)c3)nc1-2. The van der Waals surface area contributed by atoms with Gasteiger partial charge in [-0.15, -0.1) is 0 Å². The summed E-state index contributed by atoms with van der Waals surface area (Å²) >= 11 is 0. The number of methoxy groups -OCH3 is 1. The molecular formula is C21H24N4O4. The number of fused-ring (bicyclic) bond motifs is 1. The van der Waals surface area contributed by atoms with Crippen molar-refractivity contribution in [3.63, 3.8) is 0 Å². The Labute approximate surface area is 168 Å². The van der Waals surface area contributed by atoms with Crippen LogP contribution in [0.4, 0.5) is 0 Å². The normalized spacial score (nSPS) is 15.0. The average Bonchev–Trinajstić information content (AvgIpc) is 3.08. The number of rotatable bonds is 5. The topological polar surface area (TPSA) is 78.6 Å². The van der Waals surface area contributed by atoms with Crippen LogP contribution in [-0.2, 0) is 16.0 Å². The Morgan fingerprint density at radius 2 is 2.00 bits per heavy atom. The number of nitrogens with zero attached hydrogens (tertiary/aromatic N) is 4. The Morgan fingerprint density at radius 1 is 1.21 bits per heavy atom. The van der Waals surface area contributed by atoms with Crippen LogP contribution in [0.3, 0.4) is 0 Å². The van der Waals surface area contributed by atoms with E-state index < -0.39 is 5.97 Å². The molecule has 0 atom stereocenters. The van der Waals surface area contributed by atoms with Crippen LogP contribution < -0.4 is 5.56 Å². The Morgan fingerprint density at radius 3 is 2.72 bits per heavy atom. The molecule has 8 nitrogen and oxygen atoms in total. The molecule has 3 aliphatic rings. The minimum atomic E-state index is -0.510. The number of morpholine rings is 1. The van der Waals surface area contributed by atoms with E-state index in [1.807, 2.05) is 35.8 Å². The highest BCUT2D eigenvalue weighted by Gasteiger charge is 2.25. The third-order valence-electron chi connectivity index (χ3n) is 5.15. The molecule has 3 aliphatic heterocycles. The van der Waals surface area contributed by atoms with Crippen molar-refractivity contribution in [1.29, 1.82) is 0 Å². The summed E-state index contributed by atoms with van der Waals surface area (Å²) in [6, 6.07) is 7.54. The fraction of sp³-hybridized carbons (Fsp3) is 0.381. The Bertz CT molecular complexity index is 1050. The number of ether oxygens (including phenoxy) is 2. The molecule has 0 saturated carbocycles. The van der Waals surface area contributed by atoms with Gasteiger partial charge in [0.2, 0.25) is 0 Å². The zero-order valence-electron chi connectivity index (χ0n) is 16.6. The second-order valence-electron chi connectivity index (χ2n) is 7.17. The minimum absolute atomic E-state index is 0.253. The van der Waals surface area contributed by atoms with Crippen molar-refractivity contribution in [3.8, 4) is 16.9 Å². The van der Waals surface area contributed by atoms with Gasteiger partial charge in [-0.3, -0.25) is 9.69 Å². The largest absolute Gasteiger partial charge is 0.465 e. The molecular weight excluding hydrogens is 372 g/mol. The first-order valence-electron chi connectivity index (χ1n) is 9.65. The Kier molecular flexibility index (Phi) is 5.46. The maximum atomic E-state index is 13.1. The molecule has 1 aromatic carbocycles. The molecule has 0 aromatic heterocycles. The molecule has 0 N–H and O–H groups in total. The van der Waals surface area contributed by atoms with Crippen molar-refractivity contribution in [2.24, 2.45) is 0 Å². The summed E-state index contributed by atoms with van der Waals surface area (Å²) in [7, 11) is 1.33. The van der Waals surface area contributed by atoms with Gasteiger partial charge in [0, 0.05) is 38.6 Å². The van der Waals surface area contributed by atoms with Crippen LogP contribution in [0, 0.1) is 6.92 Å². The summed E-state index contributed by atoms with van der Waals surface area (Å²) < 4.78 is 13.5. The standard InChI is InChI=1S/C21H24N4O4/c1-15-4-3-5-16(12-15)25-20(26)17-13-24(7-6-23-8-10-29-11-9-23)14-18(19(17)22-25)21(27)28-2/h3-5,12-14H,6-11H2,1-2H3. The number of carbonyl (C=O) groups excluding carboxylic acids is 1. The number of carbonyl (C=O) groups is 1. The van der Waals surface area contributed by atoms with E-state index in [0.29, 0.717) is 23.5 Å². The zero-order chi connectivity index (χ0) is 20.4. The van der Waals surface area contributed by atoms with Crippen LogP contribution in [-0.4, -0.2) is 65.2 Å². The van der Waals surface area contributed by atoms with E-state index in [2.05, 4.69) is 10.00 Å². The maximum Gasteiger partial charge on any atom is 0.341 e. The van der Waals surface area contributed by atoms with Crippen LogP contribution >= 0.6 is 0 Å². The van der Waals surface area contributed by atoms with Gasteiger partial charge in [-0.2, -0.15) is 9.78 Å². The van der Waals surface area contributed by atoms with Gasteiger partial charge in [0.05, 0.1) is 31.6 Å². The lowest BCUT2D eigenvalue weighted by molar-refractivity contribution is 0.0363. The van der Waals surface area contributed by atoms with E-state index in [4.69, 9.17) is 9.47 Å². The van der Waals surface area contributed by atoms with E-state index in [1.54, 1.807) is 12.4 Å². The molecule has 0 unspecified atom stereocenters. The lowest BCUT2D eigenvalue weighted by Crippen LogP contribution is -2.38. The lowest BCUT2D eigenvalue weighted by Gasteiger charge is -2.27. The summed E-state index contributed by atoms with van der Waals surface area (Å²) in [5, 5.41) is 4.45. The van der Waals surface area contributed by atoms with E-state index >= 15 is 0 Å². The minimum Gasteiger partial charge on any atom is -0.465 e. The number of hydrogen-bond donors (Lipinski definition) is 0. The highest BCUT2D eigenvalue weighted by Crippen LogP contribution is 2.23. The molecule has 4 rings (SSSR count). The molecule has 1 saturated heterocycles. The second-order valence-corrected chi connectivity index (χ2v) is 7.17. The Balaban J connectivity index is 1.74. The summed E-state index contributed by atoms with van der Waals surface area (Å²) in [6.07, 6.45) is 3.48. The summed E-state index contributed by atoms with van der Waals surface area (Å²) in [6.45, 7) is 6.62. The van der Waals surface area contributed by atoms with E-state index in [0.717, 1.165) is 38.4 Å². The highest BCUT2D eigenvalue weighted by atomic mass is 16.5. The van der Waals surface area contributed by atoms with Crippen molar-refractivity contribution in [2.45, 2.75) is 13.5 Å². The maximum absolute atomic E-state index is 13.1. The third-order valence-corrected chi connectivity index (χ3v) is 5.15. The van der Waals surface area contributed by atoms with Crippen molar-refractivity contribution in [1.82, 2.24) is 19.2 Å². The van der Waals surface area contributed by atoms with Crippen LogP contribution in [0.25, 0.3) is 16.9 Å². The van der Waals surface area contributed by atoms with Crippen molar-refractivity contribution >= 4 is 5.97 Å². The predicted octanol–water partition coefficient (Wildman–Crippen LogP) is 1.57. The summed E-state index contributed by atoms with van der Waals surface area (Å²) in [5.74, 6) is -0.510. The van der Waals surface area contributed by atoms with Gasteiger partial charge in [0.15, 0.2) is 0 Å². The molecule has 0 bridgehead atoms. The van der Waals surface area contributed by atoms with Gasteiger partial charge in [0.1, 0.15) is 11.3 Å². The van der Waals surface area contributed by atoms with Crippen molar-refractivity contribution in [3.05, 3.63) is 58.1 Å². The smallest absolute Gasteiger partial charge is 0.341 e. The quantitative estimate of drug-likeness (QED) is 0.609. The zero-order valence-corrected chi connectivity index (χ0v) is 16.6. The first kappa shape index (κ1) is 19.4. The van der Waals surface area contributed by atoms with E-state index in [-0.39, 0.29) is 11.1 Å². The number of esters is 1. The van der Waals surface area contributed by atoms with Crippen LogP contribution in [0.1, 0.15) is 15.9 Å². The second kappa shape index (κ2) is 8.18. The number of aryl methyl sites for hydroxylation is 1. The monoisotopic (exact) mass is 396 g/mol. The van der Waals surface area contributed by atoms with Crippen LogP contribution in [0.15, 0.2) is 41.5 Å². The predicted molar refractivity (Wildman–Crippen MR) is 108 cm³/mol. The van der Waals surface area contributed by atoms with Crippen LogP contribution in [0.2, 0.25) is 0 Å². The Hall–Kier alpha value is -2.97. The van der Waals surface area contributed by atoms with E-state index in [9.17, 15) is 9.59 Å². The molecule has 1 aromatic rings. The van der Waals surface area contributed by atoms with Crippen molar-refractivity contribution < 1.29 is 14.3 Å². The molecule has 8 heteroatoms. The number of pyridine rings is 1. The molecule has 0 amide bonds. The first-order valence-corrected chi connectivity index (χ1v) is 9.65. The highest BCUT2D eigenvalue weighted by molar-refractivity contribution is 5.96. The molecule has 152 valence electrons. The van der Waals surface area contributed by atoms with Crippen molar-refractivity contribution in [2.75, 3.05) is 40.0 Å². The molecule has 29 heavy (non-hydrogen) atoms. The number of aromatic nitrogens is 3. The van der Waals surface area contributed by atoms with Gasteiger partial charge in [0.25, 0.3) is 5.56 Å². The van der Waals surface area contributed by atoms with Gasteiger partial charge in [-0.1, -0.05) is 12.1 Å². The summed E-state index contributed by atoms with van der Waals surface area (Å²) in [5.41, 5.74) is 2.48. The van der Waals surface area contributed by atoms with Gasteiger partial charge < -0.3 is 14.0 Å². The molecule has 0 spiro atoms. The summed E-state index contributed by atoms with van der Waals surface area (Å²) in [4.78, 5) is 27.8. The number of benzene rings is 1. The lowest BCUT2D eigenvalue weighted by atomic mass is 10.1.